The van der Waals surface area contributed by atoms with Gasteiger partial charge in [-0.2, -0.15) is 0 Å². The molecule has 0 aromatic heterocycles. The summed E-state index contributed by atoms with van der Waals surface area (Å²) in [5.41, 5.74) is 1.40. The first-order valence-electron chi connectivity index (χ1n) is 7.76. The van der Waals surface area contributed by atoms with E-state index in [4.69, 9.17) is 0 Å². The molecule has 0 amide bonds. The molecule has 118 valence electrons. The molecule has 0 radical (unpaired) electrons. The number of hydrogen-bond donors (Lipinski definition) is 0. The molecular weight excluding hydrogens is 319 g/mol. The van der Waals surface area contributed by atoms with Crippen LogP contribution in [0.15, 0.2) is 84.9 Å². The van der Waals surface area contributed by atoms with E-state index < -0.39 is 7.92 Å². The third-order valence-electron chi connectivity index (χ3n) is 3.85. The minimum Gasteiger partial charge on any atom is -0.147 e. The maximum absolute atomic E-state index is 2.31. The monoisotopic (exact) mass is 340 g/mol. The SMILES string of the molecule is CC(C)c1ccc(P(c2ccccc2)c2ccccc2)cc1.Cl. The molecular formula is C21H22ClP. The molecule has 0 aliphatic heterocycles. The Bertz CT molecular complexity index is 666. The molecule has 0 aliphatic carbocycles. The summed E-state index contributed by atoms with van der Waals surface area (Å²) in [4.78, 5) is 0. The second kappa shape index (κ2) is 8.29. The van der Waals surface area contributed by atoms with E-state index in [1.165, 1.54) is 21.5 Å². The van der Waals surface area contributed by atoms with Crippen molar-refractivity contribution >= 4 is 36.2 Å². The summed E-state index contributed by atoms with van der Waals surface area (Å²) in [6, 6.07) is 30.9. The van der Waals surface area contributed by atoms with Crippen molar-refractivity contribution in [3.05, 3.63) is 90.5 Å². The van der Waals surface area contributed by atoms with Gasteiger partial charge in [-0.05, 0) is 35.3 Å². The van der Waals surface area contributed by atoms with Crippen LogP contribution >= 0.6 is 20.3 Å². The maximum Gasteiger partial charge on any atom is -0.0134 e. The summed E-state index contributed by atoms with van der Waals surface area (Å²) in [5.74, 6) is 0.578. The highest BCUT2D eigenvalue weighted by Gasteiger charge is 2.15. The molecule has 0 heterocycles. The Hall–Kier alpha value is -1.62. The molecule has 2 heteroatoms. The Balaban J connectivity index is 0.00000192. The molecule has 0 fully saturated rings. The van der Waals surface area contributed by atoms with Gasteiger partial charge in [0.2, 0.25) is 0 Å². The lowest BCUT2D eigenvalue weighted by Crippen LogP contribution is -2.20. The summed E-state index contributed by atoms with van der Waals surface area (Å²) >= 11 is 0. The van der Waals surface area contributed by atoms with Crippen LogP contribution in [0, 0.1) is 0 Å². The fourth-order valence-corrected chi connectivity index (χ4v) is 4.89. The van der Waals surface area contributed by atoms with Gasteiger partial charge in [0.15, 0.2) is 0 Å². The van der Waals surface area contributed by atoms with Crippen LogP contribution in [0.2, 0.25) is 0 Å². The Morgan fingerprint density at radius 1 is 0.565 bits per heavy atom. The van der Waals surface area contributed by atoms with Crippen molar-refractivity contribution in [1.29, 1.82) is 0 Å². The topological polar surface area (TPSA) is 0 Å². The summed E-state index contributed by atoms with van der Waals surface area (Å²) in [5, 5.41) is 4.22. The van der Waals surface area contributed by atoms with Crippen LogP contribution in [0.3, 0.4) is 0 Å². The normalized spacial score (nSPS) is 10.6. The molecule has 3 rings (SSSR count). The fraction of sp³-hybridized carbons (Fsp3) is 0.143. The van der Waals surface area contributed by atoms with Gasteiger partial charge in [0.1, 0.15) is 0 Å². The van der Waals surface area contributed by atoms with Crippen LogP contribution < -0.4 is 15.9 Å². The minimum absolute atomic E-state index is 0. The van der Waals surface area contributed by atoms with Crippen molar-refractivity contribution < 1.29 is 0 Å². The average Bonchev–Trinajstić information content (AvgIpc) is 2.57. The molecule has 0 spiro atoms. The van der Waals surface area contributed by atoms with Gasteiger partial charge in [-0.15, -0.1) is 12.4 Å². The highest BCUT2D eigenvalue weighted by atomic mass is 35.5. The van der Waals surface area contributed by atoms with Crippen molar-refractivity contribution in [2.75, 3.05) is 0 Å². The first kappa shape index (κ1) is 17.7. The maximum atomic E-state index is 2.31. The second-order valence-corrected chi connectivity index (χ2v) is 7.97. The van der Waals surface area contributed by atoms with Crippen molar-refractivity contribution in [3.63, 3.8) is 0 Å². The largest absolute Gasteiger partial charge is 0.147 e. The van der Waals surface area contributed by atoms with Crippen LogP contribution in [0.4, 0.5) is 0 Å². The van der Waals surface area contributed by atoms with Crippen molar-refractivity contribution in [2.24, 2.45) is 0 Å². The molecule has 23 heavy (non-hydrogen) atoms. The van der Waals surface area contributed by atoms with E-state index in [0.29, 0.717) is 5.92 Å². The molecule has 0 nitrogen and oxygen atoms in total. The fourth-order valence-electron chi connectivity index (χ4n) is 2.61. The highest BCUT2D eigenvalue weighted by Crippen LogP contribution is 2.32. The molecule has 3 aromatic carbocycles. The highest BCUT2D eigenvalue weighted by molar-refractivity contribution is 7.79. The Morgan fingerprint density at radius 2 is 0.957 bits per heavy atom. The molecule has 0 saturated heterocycles. The average molecular weight is 341 g/mol. The van der Waals surface area contributed by atoms with Crippen molar-refractivity contribution in [3.8, 4) is 0 Å². The van der Waals surface area contributed by atoms with Crippen molar-refractivity contribution in [2.45, 2.75) is 19.8 Å². The molecule has 0 N–H and O–H groups in total. The van der Waals surface area contributed by atoms with E-state index >= 15 is 0 Å². The second-order valence-electron chi connectivity index (χ2n) is 5.75. The summed E-state index contributed by atoms with van der Waals surface area (Å²) in [6.07, 6.45) is 0. The van der Waals surface area contributed by atoms with Gasteiger partial charge in [0, 0.05) is 0 Å². The van der Waals surface area contributed by atoms with Gasteiger partial charge < -0.3 is 0 Å². The first-order chi connectivity index (χ1) is 10.8. The van der Waals surface area contributed by atoms with E-state index in [1.807, 2.05) is 0 Å². The lowest BCUT2D eigenvalue weighted by molar-refractivity contribution is 0.867. The number of hydrogen-bond acceptors (Lipinski definition) is 0. The number of halogens is 1. The molecule has 0 atom stereocenters. The molecule has 0 bridgehead atoms. The van der Waals surface area contributed by atoms with E-state index in [0.717, 1.165) is 0 Å². The quantitative estimate of drug-likeness (QED) is 0.587. The smallest absolute Gasteiger partial charge is 0.0134 e. The first-order valence-corrected chi connectivity index (χ1v) is 9.10. The third kappa shape index (κ3) is 4.22. The molecule has 0 saturated carbocycles. The van der Waals surface area contributed by atoms with Crippen LogP contribution in [-0.4, -0.2) is 0 Å². The predicted octanol–water partition coefficient (Wildman–Crippen LogP) is 4.99. The summed E-state index contributed by atoms with van der Waals surface area (Å²) in [6.45, 7) is 4.48. The number of benzene rings is 3. The summed E-state index contributed by atoms with van der Waals surface area (Å²) < 4.78 is 0. The zero-order valence-corrected chi connectivity index (χ0v) is 15.2. The van der Waals surface area contributed by atoms with E-state index in [-0.39, 0.29) is 12.4 Å². The Morgan fingerprint density at radius 3 is 1.35 bits per heavy atom. The number of rotatable bonds is 4. The Labute approximate surface area is 146 Å². The van der Waals surface area contributed by atoms with Gasteiger partial charge in [-0.3, -0.25) is 0 Å². The minimum atomic E-state index is -0.478. The van der Waals surface area contributed by atoms with E-state index in [9.17, 15) is 0 Å². The van der Waals surface area contributed by atoms with Gasteiger partial charge in [-0.1, -0.05) is 98.8 Å². The van der Waals surface area contributed by atoms with Crippen LogP contribution in [0.1, 0.15) is 25.3 Å². The van der Waals surface area contributed by atoms with Gasteiger partial charge in [-0.25, -0.2) is 0 Å². The predicted molar refractivity (Wildman–Crippen MR) is 106 cm³/mol. The standard InChI is InChI=1S/C21H21P.ClH/c1-17(2)18-13-15-21(16-14-18)22(19-9-5-3-6-10-19)20-11-7-4-8-12-20;/h3-17H,1-2H3;1H. The lowest BCUT2D eigenvalue weighted by Gasteiger charge is -2.20. The van der Waals surface area contributed by atoms with E-state index in [2.05, 4.69) is 98.8 Å². The molecule has 0 aliphatic rings. The third-order valence-corrected chi connectivity index (χ3v) is 6.29. The van der Waals surface area contributed by atoms with Gasteiger partial charge in [0.25, 0.3) is 0 Å². The zero-order chi connectivity index (χ0) is 15.4. The van der Waals surface area contributed by atoms with Gasteiger partial charge in [0.05, 0.1) is 0 Å². The van der Waals surface area contributed by atoms with Gasteiger partial charge >= 0.3 is 0 Å². The van der Waals surface area contributed by atoms with E-state index in [1.54, 1.807) is 0 Å². The molecule has 3 aromatic rings. The Kier molecular flexibility index (Phi) is 6.39. The van der Waals surface area contributed by atoms with Crippen LogP contribution in [0.5, 0.6) is 0 Å². The zero-order valence-electron chi connectivity index (χ0n) is 13.5. The summed E-state index contributed by atoms with van der Waals surface area (Å²) in [7, 11) is -0.478. The van der Waals surface area contributed by atoms with Crippen LogP contribution in [0.25, 0.3) is 0 Å². The van der Waals surface area contributed by atoms with Crippen LogP contribution in [-0.2, 0) is 0 Å². The molecule has 0 unspecified atom stereocenters. The van der Waals surface area contributed by atoms with Crippen molar-refractivity contribution in [1.82, 2.24) is 0 Å². The lowest BCUT2D eigenvalue weighted by atomic mass is 10.0.